The topological polar surface area (TPSA) is 41.6 Å². The molecule has 0 spiro atoms. The van der Waals surface area contributed by atoms with Gasteiger partial charge < -0.3 is 15.0 Å². The van der Waals surface area contributed by atoms with Gasteiger partial charge in [-0.2, -0.15) is 0 Å². The molecule has 0 bridgehead atoms. The van der Waals surface area contributed by atoms with E-state index in [9.17, 15) is 4.79 Å². The molecule has 1 aliphatic rings. The summed E-state index contributed by atoms with van der Waals surface area (Å²) in [4.78, 5) is 16.7. The highest BCUT2D eigenvalue weighted by molar-refractivity contribution is 7.12. The minimum Gasteiger partial charge on any atom is -0.378 e. The van der Waals surface area contributed by atoms with E-state index in [1.165, 1.54) is 10.6 Å². The third-order valence-electron chi connectivity index (χ3n) is 3.96. The van der Waals surface area contributed by atoms with Crippen LogP contribution in [0.1, 0.15) is 15.3 Å². The molecule has 1 amide bonds. The van der Waals surface area contributed by atoms with Gasteiger partial charge in [-0.15, -0.1) is 11.3 Å². The third kappa shape index (κ3) is 4.46. The van der Waals surface area contributed by atoms with Crippen LogP contribution in [0.3, 0.4) is 0 Å². The minimum absolute atomic E-state index is 0.0715. The number of rotatable bonds is 5. The maximum absolute atomic E-state index is 12.1. The van der Waals surface area contributed by atoms with E-state index in [2.05, 4.69) is 35.3 Å². The molecule has 1 N–H and O–H groups in total. The second-order valence-electron chi connectivity index (χ2n) is 5.73. The maximum atomic E-state index is 12.1. The predicted octanol–water partition coefficient (Wildman–Crippen LogP) is 3.22. The molecule has 0 unspecified atom stereocenters. The molecule has 2 heterocycles. The number of hydrogen-bond donors (Lipinski definition) is 1. The summed E-state index contributed by atoms with van der Waals surface area (Å²) >= 11 is 1.68. The highest BCUT2D eigenvalue weighted by Gasteiger charge is 2.14. The number of carbonyl (C=O) groups is 1. The molecule has 0 saturated carbocycles. The number of carbonyl (C=O) groups excluding carboxylic acids is 1. The van der Waals surface area contributed by atoms with Gasteiger partial charge in [0.1, 0.15) is 0 Å². The molecule has 1 fully saturated rings. The zero-order chi connectivity index (χ0) is 16.8. The summed E-state index contributed by atoms with van der Waals surface area (Å²) in [5.74, 6) is -0.0715. The normalized spacial score (nSPS) is 15.0. The molecule has 24 heavy (non-hydrogen) atoms. The molecule has 1 aliphatic heterocycles. The minimum atomic E-state index is -0.0715. The summed E-state index contributed by atoms with van der Waals surface area (Å²) in [6.07, 6.45) is 3.46. The maximum Gasteiger partial charge on any atom is 0.244 e. The number of amides is 1. The Hall–Kier alpha value is -2.11. The van der Waals surface area contributed by atoms with Crippen molar-refractivity contribution in [2.75, 3.05) is 31.2 Å². The summed E-state index contributed by atoms with van der Waals surface area (Å²) < 4.78 is 5.42. The van der Waals surface area contributed by atoms with Crippen molar-refractivity contribution in [2.45, 2.75) is 13.5 Å². The van der Waals surface area contributed by atoms with E-state index in [-0.39, 0.29) is 5.91 Å². The first-order chi connectivity index (χ1) is 11.7. The highest BCUT2D eigenvalue weighted by Crippen LogP contribution is 2.21. The second kappa shape index (κ2) is 8.13. The molecule has 1 aromatic carbocycles. The Bertz CT molecular complexity index is 718. The lowest BCUT2D eigenvalue weighted by Crippen LogP contribution is -2.37. The van der Waals surface area contributed by atoms with Crippen molar-refractivity contribution < 1.29 is 9.53 Å². The number of nitrogens with zero attached hydrogens (tertiary/aromatic N) is 1. The Balaban J connectivity index is 1.60. The molecule has 0 atom stereocenters. The number of aryl methyl sites for hydroxylation is 1. The number of hydrogen-bond acceptors (Lipinski definition) is 4. The zero-order valence-corrected chi connectivity index (χ0v) is 14.6. The molecule has 0 aliphatic carbocycles. The van der Waals surface area contributed by atoms with E-state index >= 15 is 0 Å². The molecule has 1 aromatic heterocycles. The third-order valence-corrected chi connectivity index (χ3v) is 4.92. The van der Waals surface area contributed by atoms with Gasteiger partial charge in [-0.25, -0.2) is 0 Å². The van der Waals surface area contributed by atoms with Crippen LogP contribution in [-0.4, -0.2) is 32.2 Å². The lowest BCUT2D eigenvalue weighted by atomic mass is 10.1. The molecular weight excluding hydrogens is 320 g/mol. The first kappa shape index (κ1) is 16.7. The number of para-hydroxylation sites is 1. The van der Waals surface area contributed by atoms with Crippen LogP contribution in [0.2, 0.25) is 0 Å². The van der Waals surface area contributed by atoms with E-state index < -0.39 is 0 Å². The van der Waals surface area contributed by atoms with Crippen molar-refractivity contribution in [3.63, 3.8) is 0 Å². The van der Waals surface area contributed by atoms with Gasteiger partial charge in [0, 0.05) is 41.2 Å². The van der Waals surface area contributed by atoms with Crippen LogP contribution in [0.5, 0.6) is 0 Å². The van der Waals surface area contributed by atoms with Crippen LogP contribution < -0.4 is 10.2 Å². The van der Waals surface area contributed by atoms with Gasteiger partial charge in [-0.3, -0.25) is 4.79 Å². The van der Waals surface area contributed by atoms with Crippen molar-refractivity contribution in [3.05, 3.63) is 57.8 Å². The Morgan fingerprint density at radius 3 is 2.79 bits per heavy atom. The van der Waals surface area contributed by atoms with Crippen molar-refractivity contribution in [1.82, 2.24) is 5.32 Å². The van der Waals surface area contributed by atoms with E-state index in [1.54, 1.807) is 17.4 Å². The van der Waals surface area contributed by atoms with Crippen molar-refractivity contribution >= 4 is 29.0 Å². The van der Waals surface area contributed by atoms with Crippen LogP contribution in [0.15, 0.2) is 42.5 Å². The quantitative estimate of drug-likeness (QED) is 0.848. The first-order valence-corrected chi connectivity index (χ1v) is 8.97. The summed E-state index contributed by atoms with van der Waals surface area (Å²) in [7, 11) is 0. The van der Waals surface area contributed by atoms with Gasteiger partial charge in [0.25, 0.3) is 0 Å². The van der Waals surface area contributed by atoms with Crippen molar-refractivity contribution in [3.8, 4) is 0 Å². The van der Waals surface area contributed by atoms with Crippen LogP contribution in [0.4, 0.5) is 5.69 Å². The van der Waals surface area contributed by atoms with Gasteiger partial charge in [0.15, 0.2) is 0 Å². The zero-order valence-electron chi connectivity index (χ0n) is 13.8. The van der Waals surface area contributed by atoms with E-state index in [1.807, 2.05) is 24.3 Å². The smallest absolute Gasteiger partial charge is 0.244 e. The van der Waals surface area contributed by atoms with Gasteiger partial charge >= 0.3 is 0 Å². The molecule has 1 saturated heterocycles. The van der Waals surface area contributed by atoms with Crippen molar-refractivity contribution in [1.29, 1.82) is 0 Å². The Morgan fingerprint density at radius 2 is 2.04 bits per heavy atom. The number of morpholine rings is 1. The van der Waals surface area contributed by atoms with Crippen LogP contribution >= 0.6 is 11.3 Å². The number of anilines is 1. The molecule has 3 rings (SSSR count). The van der Waals surface area contributed by atoms with Gasteiger partial charge in [0.2, 0.25) is 5.91 Å². The standard InChI is InChI=1S/C19H22N2O2S/c1-15-6-7-17(24-15)8-9-19(22)20-14-16-4-2-3-5-18(16)21-10-12-23-13-11-21/h2-9H,10-14H2,1H3,(H,20,22)/b9-8-. The van der Waals surface area contributed by atoms with E-state index in [4.69, 9.17) is 4.74 Å². The first-order valence-electron chi connectivity index (χ1n) is 8.15. The molecule has 2 aromatic rings. The number of nitrogens with one attached hydrogen (secondary N) is 1. The van der Waals surface area contributed by atoms with Gasteiger partial charge in [-0.05, 0) is 36.8 Å². The lowest BCUT2D eigenvalue weighted by molar-refractivity contribution is -0.116. The molecule has 5 heteroatoms. The van der Waals surface area contributed by atoms with Crippen LogP contribution in [0, 0.1) is 6.92 Å². The summed E-state index contributed by atoms with van der Waals surface area (Å²) in [6.45, 7) is 5.88. The number of thiophene rings is 1. The lowest BCUT2D eigenvalue weighted by Gasteiger charge is -2.30. The van der Waals surface area contributed by atoms with Gasteiger partial charge in [-0.1, -0.05) is 18.2 Å². The SMILES string of the molecule is Cc1ccc(/C=C\C(=O)NCc2ccccc2N2CCOCC2)s1. The summed E-state index contributed by atoms with van der Waals surface area (Å²) in [5, 5.41) is 2.98. The van der Waals surface area contributed by atoms with Crippen molar-refractivity contribution in [2.24, 2.45) is 0 Å². The average Bonchev–Trinajstić information content (AvgIpc) is 3.04. The van der Waals surface area contributed by atoms with Crippen LogP contribution in [0.25, 0.3) is 6.08 Å². The summed E-state index contributed by atoms with van der Waals surface area (Å²) in [6, 6.07) is 12.3. The number of benzene rings is 1. The Labute approximate surface area is 146 Å². The fourth-order valence-corrected chi connectivity index (χ4v) is 3.50. The van der Waals surface area contributed by atoms with E-state index in [0.29, 0.717) is 6.54 Å². The molecule has 0 radical (unpaired) electrons. The summed E-state index contributed by atoms with van der Waals surface area (Å²) in [5.41, 5.74) is 2.31. The van der Waals surface area contributed by atoms with Gasteiger partial charge in [0.05, 0.1) is 13.2 Å². The Morgan fingerprint density at radius 1 is 1.25 bits per heavy atom. The highest BCUT2D eigenvalue weighted by atomic mass is 32.1. The second-order valence-corrected chi connectivity index (χ2v) is 7.05. The monoisotopic (exact) mass is 342 g/mol. The van der Waals surface area contributed by atoms with Crippen LogP contribution in [-0.2, 0) is 16.1 Å². The molecule has 4 nitrogen and oxygen atoms in total. The number of ether oxygens (including phenoxy) is 1. The average molecular weight is 342 g/mol. The largest absolute Gasteiger partial charge is 0.378 e. The Kier molecular flexibility index (Phi) is 5.67. The molecular formula is C19H22N2O2S. The fourth-order valence-electron chi connectivity index (χ4n) is 2.72. The molecule has 126 valence electrons. The fraction of sp³-hybridized carbons (Fsp3) is 0.316. The predicted molar refractivity (Wildman–Crippen MR) is 99.4 cm³/mol. The van der Waals surface area contributed by atoms with E-state index in [0.717, 1.165) is 36.7 Å².